The number of fused-ring (bicyclic) bond motifs is 1. The van der Waals surface area contributed by atoms with Crippen LogP contribution in [0.2, 0.25) is 0 Å². The summed E-state index contributed by atoms with van der Waals surface area (Å²) in [6.45, 7) is 6.15. The summed E-state index contributed by atoms with van der Waals surface area (Å²) in [5.41, 5.74) is 9.49. The van der Waals surface area contributed by atoms with Crippen molar-refractivity contribution in [2.75, 3.05) is 11.9 Å². The predicted molar refractivity (Wildman–Crippen MR) is 131 cm³/mol. The first-order chi connectivity index (χ1) is 16.0. The van der Waals surface area contributed by atoms with Gasteiger partial charge in [0.1, 0.15) is 0 Å². The van der Waals surface area contributed by atoms with Crippen molar-refractivity contribution in [1.82, 2.24) is 10.3 Å². The summed E-state index contributed by atoms with van der Waals surface area (Å²) < 4.78 is 0. The third-order valence-electron chi connectivity index (χ3n) is 5.78. The average molecular weight is 441 g/mol. The summed E-state index contributed by atoms with van der Waals surface area (Å²) >= 11 is 0. The van der Waals surface area contributed by atoms with Crippen molar-refractivity contribution >= 4 is 23.2 Å². The molecule has 0 spiro atoms. The fraction of sp³-hybridized carbons (Fsp3) is 0.222. The summed E-state index contributed by atoms with van der Waals surface area (Å²) in [5, 5.41) is 6.95. The third kappa shape index (κ3) is 5.93. The van der Waals surface area contributed by atoms with E-state index in [0.29, 0.717) is 11.3 Å². The van der Waals surface area contributed by atoms with Crippen LogP contribution in [0.15, 0.2) is 77.9 Å². The second-order valence-electron chi connectivity index (χ2n) is 8.32. The maximum atomic E-state index is 12.5. The molecule has 6 nitrogen and oxygen atoms in total. The van der Waals surface area contributed by atoms with Gasteiger partial charge in [0.15, 0.2) is 0 Å². The van der Waals surface area contributed by atoms with Gasteiger partial charge >= 0.3 is 0 Å². The summed E-state index contributed by atoms with van der Waals surface area (Å²) in [7, 11) is 0. The second-order valence-corrected chi connectivity index (χ2v) is 8.32. The molecule has 1 aliphatic rings. The highest BCUT2D eigenvalue weighted by Gasteiger charge is 2.16. The molecule has 2 N–H and O–H groups in total. The van der Waals surface area contributed by atoms with Crippen LogP contribution < -0.4 is 10.7 Å². The molecule has 0 atom stereocenters. The van der Waals surface area contributed by atoms with E-state index < -0.39 is 0 Å². The molecule has 1 heterocycles. The lowest BCUT2D eigenvalue weighted by atomic mass is 9.99. The summed E-state index contributed by atoms with van der Waals surface area (Å²) in [6, 6.07) is 23.6. The molecule has 6 heteroatoms. The molecule has 0 fully saturated rings. The van der Waals surface area contributed by atoms with Gasteiger partial charge in [-0.15, -0.1) is 0 Å². The lowest BCUT2D eigenvalue weighted by Gasteiger charge is -2.28. The minimum absolute atomic E-state index is 0.118. The zero-order chi connectivity index (χ0) is 23.2. The molecule has 1 aliphatic heterocycles. The number of rotatable bonds is 6. The molecule has 33 heavy (non-hydrogen) atoms. The van der Waals surface area contributed by atoms with Gasteiger partial charge in [-0.3, -0.25) is 14.5 Å². The highest BCUT2D eigenvalue weighted by molar-refractivity contribution is 6.01. The molecule has 0 aliphatic carbocycles. The number of amides is 2. The van der Waals surface area contributed by atoms with Crippen LogP contribution in [0.4, 0.5) is 5.69 Å². The van der Waals surface area contributed by atoms with Crippen LogP contribution in [0.5, 0.6) is 0 Å². The van der Waals surface area contributed by atoms with Gasteiger partial charge in [-0.1, -0.05) is 48.5 Å². The molecule has 0 radical (unpaired) electrons. The molecule has 0 bridgehead atoms. The maximum absolute atomic E-state index is 12.5. The van der Waals surface area contributed by atoms with Gasteiger partial charge in [0.2, 0.25) is 5.91 Å². The van der Waals surface area contributed by atoms with Crippen LogP contribution in [0, 0.1) is 0 Å². The number of nitrogens with one attached hydrogen (secondary N) is 2. The number of anilines is 1. The fourth-order valence-corrected chi connectivity index (χ4v) is 3.97. The monoisotopic (exact) mass is 440 g/mol. The zero-order valence-corrected chi connectivity index (χ0v) is 19.0. The molecule has 2 amide bonds. The van der Waals surface area contributed by atoms with E-state index in [1.165, 1.54) is 23.6 Å². The first kappa shape index (κ1) is 22.4. The van der Waals surface area contributed by atoms with Gasteiger partial charge in [0.25, 0.3) is 5.91 Å². The van der Waals surface area contributed by atoms with Crippen LogP contribution in [0.25, 0.3) is 0 Å². The van der Waals surface area contributed by atoms with Crippen molar-refractivity contribution in [1.29, 1.82) is 0 Å². The molecule has 0 aromatic heterocycles. The van der Waals surface area contributed by atoms with Crippen molar-refractivity contribution in [2.24, 2.45) is 5.10 Å². The van der Waals surface area contributed by atoms with Crippen LogP contribution in [-0.4, -0.2) is 29.0 Å². The van der Waals surface area contributed by atoms with E-state index >= 15 is 0 Å². The van der Waals surface area contributed by atoms with Crippen molar-refractivity contribution < 1.29 is 9.59 Å². The Morgan fingerprint density at radius 3 is 2.24 bits per heavy atom. The number of hydrogen-bond acceptors (Lipinski definition) is 4. The molecule has 3 aromatic rings. The molecular formula is C27H28N4O2. The minimum atomic E-state index is -0.248. The SMILES string of the molecule is CC(=O)Nc1ccc(C(C)=NNC(=O)c2ccc(CN3CCc4ccccc4C3)cc2)cc1. The van der Waals surface area contributed by atoms with Crippen molar-refractivity contribution in [3.63, 3.8) is 0 Å². The van der Waals surface area contributed by atoms with Crippen molar-refractivity contribution in [3.8, 4) is 0 Å². The molecule has 4 rings (SSSR count). The Hall–Kier alpha value is -3.77. The number of carbonyl (C=O) groups excluding carboxylic acids is 2. The Morgan fingerprint density at radius 1 is 0.879 bits per heavy atom. The molecular weight excluding hydrogens is 412 g/mol. The second kappa shape index (κ2) is 10.2. The number of benzene rings is 3. The zero-order valence-electron chi connectivity index (χ0n) is 19.0. The molecule has 0 unspecified atom stereocenters. The first-order valence-electron chi connectivity index (χ1n) is 11.1. The van der Waals surface area contributed by atoms with E-state index in [0.717, 1.165) is 37.3 Å². The fourth-order valence-electron chi connectivity index (χ4n) is 3.97. The van der Waals surface area contributed by atoms with Crippen molar-refractivity contribution in [3.05, 3.63) is 101 Å². The minimum Gasteiger partial charge on any atom is -0.326 e. The Labute approximate surface area is 194 Å². The highest BCUT2D eigenvalue weighted by Crippen LogP contribution is 2.20. The van der Waals surface area contributed by atoms with Gasteiger partial charge in [0, 0.05) is 37.8 Å². The third-order valence-corrected chi connectivity index (χ3v) is 5.78. The molecule has 168 valence electrons. The lowest BCUT2D eigenvalue weighted by Crippen LogP contribution is -2.30. The largest absolute Gasteiger partial charge is 0.326 e. The summed E-state index contributed by atoms with van der Waals surface area (Å²) in [4.78, 5) is 26.1. The van der Waals surface area contributed by atoms with E-state index in [-0.39, 0.29) is 11.8 Å². The highest BCUT2D eigenvalue weighted by atomic mass is 16.2. The number of carbonyl (C=O) groups is 2. The van der Waals surface area contributed by atoms with E-state index in [1.807, 2.05) is 43.3 Å². The molecule has 0 saturated carbocycles. The van der Waals surface area contributed by atoms with Crippen LogP contribution in [0.1, 0.15) is 46.5 Å². The maximum Gasteiger partial charge on any atom is 0.271 e. The van der Waals surface area contributed by atoms with Crippen LogP contribution in [-0.2, 0) is 24.3 Å². The number of hydrogen-bond donors (Lipinski definition) is 2. The Bertz CT molecular complexity index is 1170. The molecule has 0 saturated heterocycles. The number of nitrogens with zero attached hydrogens (tertiary/aromatic N) is 2. The average Bonchev–Trinajstić information content (AvgIpc) is 2.83. The summed E-state index contributed by atoms with van der Waals surface area (Å²) in [5.74, 6) is -0.365. The van der Waals surface area contributed by atoms with Gasteiger partial charge in [0.05, 0.1) is 5.71 Å². The normalized spacial score (nSPS) is 13.8. The van der Waals surface area contributed by atoms with Gasteiger partial charge in [-0.2, -0.15) is 5.10 Å². The number of hydrazone groups is 1. The van der Waals surface area contributed by atoms with E-state index in [9.17, 15) is 9.59 Å². The predicted octanol–water partition coefficient (Wildman–Crippen LogP) is 4.36. The topological polar surface area (TPSA) is 73.8 Å². The van der Waals surface area contributed by atoms with Crippen LogP contribution >= 0.6 is 0 Å². The van der Waals surface area contributed by atoms with E-state index in [1.54, 1.807) is 12.1 Å². The van der Waals surface area contributed by atoms with Gasteiger partial charge in [-0.25, -0.2) is 5.43 Å². The lowest BCUT2D eigenvalue weighted by molar-refractivity contribution is -0.114. The Kier molecular flexibility index (Phi) is 6.95. The van der Waals surface area contributed by atoms with Crippen molar-refractivity contribution in [2.45, 2.75) is 33.4 Å². The molecule has 3 aromatic carbocycles. The van der Waals surface area contributed by atoms with Gasteiger partial charge in [-0.05, 0) is 59.9 Å². The standard InChI is InChI=1S/C27H28N4O2/c1-19(22-11-13-26(14-12-22)28-20(2)32)29-30-27(33)24-9-7-21(8-10-24)17-31-16-15-23-5-3-4-6-25(23)18-31/h3-14H,15-18H2,1-2H3,(H,28,32)(H,30,33). The van der Waals surface area contributed by atoms with Gasteiger partial charge < -0.3 is 5.32 Å². The first-order valence-corrected chi connectivity index (χ1v) is 11.1. The van der Waals surface area contributed by atoms with E-state index in [2.05, 4.69) is 45.0 Å². The quantitative estimate of drug-likeness (QED) is 0.442. The van der Waals surface area contributed by atoms with E-state index in [4.69, 9.17) is 0 Å². The smallest absolute Gasteiger partial charge is 0.271 e. The van der Waals surface area contributed by atoms with Crippen LogP contribution in [0.3, 0.4) is 0 Å². The Morgan fingerprint density at radius 2 is 1.55 bits per heavy atom. The Balaban J connectivity index is 1.32. The summed E-state index contributed by atoms with van der Waals surface area (Å²) in [6.07, 6.45) is 1.07.